The number of pyridine rings is 1. The van der Waals surface area contributed by atoms with Gasteiger partial charge in [0, 0.05) is 44.6 Å². The van der Waals surface area contributed by atoms with E-state index < -0.39 is 5.54 Å². The normalized spacial score (nSPS) is 15.7. The fourth-order valence-electron chi connectivity index (χ4n) is 2.92. The van der Waals surface area contributed by atoms with Gasteiger partial charge in [-0.1, -0.05) is 18.2 Å². The molecule has 1 amide bonds. The Morgan fingerprint density at radius 1 is 1.12 bits per heavy atom. The van der Waals surface area contributed by atoms with Crippen molar-refractivity contribution in [2.45, 2.75) is 25.9 Å². The summed E-state index contributed by atoms with van der Waals surface area (Å²) in [5, 5.41) is 2.85. The van der Waals surface area contributed by atoms with Crippen LogP contribution >= 0.6 is 0 Å². The molecule has 6 nitrogen and oxygen atoms in total. The highest BCUT2D eigenvalue weighted by Crippen LogP contribution is 2.16. The molecule has 0 aliphatic carbocycles. The number of anilines is 2. The molecule has 6 heteroatoms. The molecular formula is C20H27N5O. The van der Waals surface area contributed by atoms with E-state index in [2.05, 4.69) is 38.3 Å². The summed E-state index contributed by atoms with van der Waals surface area (Å²) in [6.45, 7) is 8.29. The first kappa shape index (κ1) is 18.4. The van der Waals surface area contributed by atoms with Crippen molar-refractivity contribution >= 4 is 17.4 Å². The first-order valence-corrected chi connectivity index (χ1v) is 8.99. The van der Waals surface area contributed by atoms with Gasteiger partial charge in [-0.15, -0.1) is 0 Å². The lowest BCUT2D eigenvalue weighted by molar-refractivity contribution is -0.120. The number of carbonyl (C=O) groups excluding carboxylic acids is 1. The molecule has 138 valence electrons. The summed E-state index contributed by atoms with van der Waals surface area (Å²) in [6, 6.07) is 14.0. The summed E-state index contributed by atoms with van der Waals surface area (Å²) >= 11 is 0. The molecule has 0 spiro atoms. The molecule has 1 aromatic heterocycles. The molecule has 2 aromatic rings. The van der Waals surface area contributed by atoms with Crippen LogP contribution < -0.4 is 16.0 Å². The predicted molar refractivity (Wildman–Crippen MR) is 105 cm³/mol. The average Bonchev–Trinajstić information content (AvgIpc) is 2.64. The lowest BCUT2D eigenvalue weighted by Gasteiger charge is -2.35. The number of nitrogens with two attached hydrogens (primary N) is 1. The van der Waals surface area contributed by atoms with E-state index in [1.807, 2.05) is 30.5 Å². The molecule has 1 saturated heterocycles. The lowest BCUT2D eigenvalue weighted by atomic mass is 10.1. The third kappa shape index (κ3) is 4.80. The van der Waals surface area contributed by atoms with Gasteiger partial charge in [0.2, 0.25) is 5.91 Å². The molecule has 1 aliphatic rings. The van der Waals surface area contributed by atoms with E-state index in [-0.39, 0.29) is 5.91 Å². The van der Waals surface area contributed by atoms with Gasteiger partial charge in [-0.25, -0.2) is 4.98 Å². The zero-order chi connectivity index (χ0) is 18.6. The zero-order valence-electron chi connectivity index (χ0n) is 15.5. The molecule has 1 fully saturated rings. The van der Waals surface area contributed by atoms with E-state index >= 15 is 0 Å². The van der Waals surface area contributed by atoms with Crippen molar-refractivity contribution in [3.05, 3.63) is 54.2 Å². The summed E-state index contributed by atoms with van der Waals surface area (Å²) in [7, 11) is 0. The Hall–Kier alpha value is -2.44. The first-order valence-electron chi connectivity index (χ1n) is 8.99. The zero-order valence-corrected chi connectivity index (χ0v) is 15.5. The van der Waals surface area contributed by atoms with Gasteiger partial charge in [-0.05, 0) is 43.7 Å². The Morgan fingerprint density at radius 2 is 1.81 bits per heavy atom. The number of hydrogen-bond acceptors (Lipinski definition) is 5. The van der Waals surface area contributed by atoms with Gasteiger partial charge in [-0.3, -0.25) is 9.69 Å². The number of hydrogen-bond donors (Lipinski definition) is 2. The van der Waals surface area contributed by atoms with Crippen molar-refractivity contribution < 1.29 is 4.79 Å². The maximum absolute atomic E-state index is 11.9. The molecule has 26 heavy (non-hydrogen) atoms. The molecule has 0 unspecified atom stereocenters. The van der Waals surface area contributed by atoms with Crippen LogP contribution in [0.1, 0.15) is 19.4 Å². The van der Waals surface area contributed by atoms with E-state index in [1.165, 1.54) is 5.56 Å². The van der Waals surface area contributed by atoms with Crippen LogP contribution in [0.4, 0.5) is 11.5 Å². The van der Waals surface area contributed by atoms with Crippen molar-refractivity contribution in [3.63, 3.8) is 0 Å². The monoisotopic (exact) mass is 353 g/mol. The van der Waals surface area contributed by atoms with E-state index in [1.54, 1.807) is 13.8 Å². The summed E-state index contributed by atoms with van der Waals surface area (Å²) in [4.78, 5) is 21.1. The molecule has 1 aromatic carbocycles. The van der Waals surface area contributed by atoms with Crippen LogP contribution in [0.3, 0.4) is 0 Å². The Labute approximate surface area is 155 Å². The highest BCUT2D eigenvalue weighted by atomic mass is 16.2. The molecule has 2 heterocycles. The van der Waals surface area contributed by atoms with Gasteiger partial charge < -0.3 is 16.0 Å². The Bertz CT molecular complexity index is 716. The van der Waals surface area contributed by atoms with E-state index in [0.29, 0.717) is 0 Å². The van der Waals surface area contributed by atoms with Crippen LogP contribution in [-0.4, -0.2) is 47.5 Å². The minimum atomic E-state index is -0.883. The van der Waals surface area contributed by atoms with Crippen LogP contribution in [0.2, 0.25) is 0 Å². The summed E-state index contributed by atoms with van der Waals surface area (Å²) in [5.74, 6) is 0.867. The van der Waals surface area contributed by atoms with Crippen molar-refractivity contribution in [2.75, 3.05) is 36.4 Å². The molecule has 1 aliphatic heterocycles. The maximum atomic E-state index is 11.9. The number of nitrogens with one attached hydrogen (secondary N) is 1. The second-order valence-electron chi connectivity index (χ2n) is 7.32. The molecule has 0 saturated carbocycles. The smallest absolute Gasteiger partial charge is 0.243 e. The minimum absolute atomic E-state index is 0.184. The SMILES string of the molecule is CC(C)(N)C(=O)Nc1ccc(CN2CCN(c3ccccn3)CC2)cc1. The van der Waals surface area contributed by atoms with Crippen LogP contribution in [0.5, 0.6) is 0 Å². The number of benzene rings is 1. The molecule has 3 N–H and O–H groups in total. The molecule has 0 radical (unpaired) electrons. The Kier molecular flexibility index (Phi) is 5.54. The number of aromatic nitrogens is 1. The second-order valence-corrected chi connectivity index (χ2v) is 7.32. The third-order valence-corrected chi connectivity index (χ3v) is 4.55. The standard InChI is InChI=1S/C20H27N5O/c1-20(2,21)19(26)23-17-8-6-16(7-9-17)15-24-11-13-25(14-12-24)18-5-3-4-10-22-18/h3-10H,11-15,21H2,1-2H3,(H,23,26). The minimum Gasteiger partial charge on any atom is -0.354 e. The molecule has 0 bridgehead atoms. The number of rotatable bonds is 5. The van der Waals surface area contributed by atoms with Crippen molar-refractivity contribution in [1.82, 2.24) is 9.88 Å². The van der Waals surface area contributed by atoms with Crippen LogP contribution in [-0.2, 0) is 11.3 Å². The maximum Gasteiger partial charge on any atom is 0.243 e. The van der Waals surface area contributed by atoms with Gasteiger partial charge in [-0.2, -0.15) is 0 Å². The summed E-state index contributed by atoms with van der Waals surface area (Å²) in [6.07, 6.45) is 1.84. The summed E-state index contributed by atoms with van der Waals surface area (Å²) in [5.41, 5.74) is 6.94. The van der Waals surface area contributed by atoms with Crippen LogP contribution in [0.25, 0.3) is 0 Å². The number of carbonyl (C=O) groups is 1. The van der Waals surface area contributed by atoms with E-state index in [9.17, 15) is 4.79 Å². The molecule has 3 rings (SSSR count). The first-order chi connectivity index (χ1) is 12.4. The second kappa shape index (κ2) is 7.85. The Balaban J connectivity index is 1.50. The van der Waals surface area contributed by atoms with Gasteiger partial charge in [0.15, 0.2) is 0 Å². The lowest BCUT2D eigenvalue weighted by Crippen LogP contribution is -2.46. The van der Waals surface area contributed by atoms with Gasteiger partial charge in [0.05, 0.1) is 5.54 Å². The van der Waals surface area contributed by atoms with Crippen molar-refractivity contribution in [2.24, 2.45) is 5.73 Å². The number of piperazine rings is 1. The van der Waals surface area contributed by atoms with E-state index in [4.69, 9.17) is 5.73 Å². The molecular weight excluding hydrogens is 326 g/mol. The van der Waals surface area contributed by atoms with E-state index in [0.717, 1.165) is 44.2 Å². The van der Waals surface area contributed by atoms with Crippen LogP contribution in [0, 0.1) is 0 Å². The fraction of sp³-hybridized carbons (Fsp3) is 0.400. The van der Waals surface area contributed by atoms with Crippen molar-refractivity contribution in [1.29, 1.82) is 0 Å². The van der Waals surface area contributed by atoms with Gasteiger partial charge >= 0.3 is 0 Å². The van der Waals surface area contributed by atoms with Crippen LogP contribution in [0.15, 0.2) is 48.7 Å². The predicted octanol–water partition coefficient (Wildman–Crippen LogP) is 2.08. The largest absolute Gasteiger partial charge is 0.354 e. The fourth-order valence-corrected chi connectivity index (χ4v) is 2.92. The molecule has 0 atom stereocenters. The number of amides is 1. The highest BCUT2D eigenvalue weighted by Gasteiger charge is 2.22. The van der Waals surface area contributed by atoms with Gasteiger partial charge in [0.25, 0.3) is 0 Å². The van der Waals surface area contributed by atoms with Crippen molar-refractivity contribution in [3.8, 4) is 0 Å². The average molecular weight is 353 g/mol. The quantitative estimate of drug-likeness (QED) is 0.861. The number of nitrogens with zero attached hydrogens (tertiary/aromatic N) is 3. The third-order valence-electron chi connectivity index (χ3n) is 4.55. The highest BCUT2D eigenvalue weighted by molar-refractivity contribution is 5.97. The summed E-state index contributed by atoms with van der Waals surface area (Å²) < 4.78 is 0. The Morgan fingerprint density at radius 3 is 2.38 bits per heavy atom. The topological polar surface area (TPSA) is 74.5 Å². The van der Waals surface area contributed by atoms with Gasteiger partial charge in [0.1, 0.15) is 5.82 Å².